The number of hydrogen-bond donors (Lipinski definition) is 1. The summed E-state index contributed by atoms with van der Waals surface area (Å²) in [6, 6.07) is 7.36. The molecule has 2 rings (SSSR count). The molecule has 1 heterocycles. The van der Waals surface area contributed by atoms with Crippen molar-refractivity contribution >= 4 is 36.3 Å². The van der Waals surface area contributed by atoms with Gasteiger partial charge in [0.05, 0.1) is 23.5 Å². The van der Waals surface area contributed by atoms with Crippen molar-refractivity contribution in [2.45, 2.75) is 45.3 Å². The molecule has 134 valence electrons. The third kappa shape index (κ3) is 4.32. The van der Waals surface area contributed by atoms with E-state index in [-0.39, 0.29) is 5.28 Å². The molecule has 0 saturated carbocycles. The second-order valence-corrected chi connectivity index (χ2v) is 11.5. The Morgan fingerprint density at radius 2 is 1.84 bits per heavy atom. The molecule has 0 amide bonds. The van der Waals surface area contributed by atoms with Crippen molar-refractivity contribution in [3.05, 3.63) is 28.7 Å². The Labute approximate surface area is 156 Å². The number of nitrogens with two attached hydrogens (primary N) is 1. The standard InChI is InChI=1S/C19H26ClN3OSi/c1-5-25(6-2,7-3)13-11-14-8-9-15-17(18(14)21)16(10-12-24-4)23-19(20)22-15/h8-9H,5-7,10,12,21H2,1-4H3. The highest BCUT2D eigenvalue weighted by atomic mass is 35.5. The summed E-state index contributed by atoms with van der Waals surface area (Å²) in [6.45, 7) is 7.29. The molecule has 2 N–H and O–H groups in total. The number of halogens is 1. The maximum absolute atomic E-state index is 6.44. The quantitative estimate of drug-likeness (QED) is 0.350. The van der Waals surface area contributed by atoms with E-state index in [1.54, 1.807) is 7.11 Å². The summed E-state index contributed by atoms with van der Waals surface area (Å²) in [6.07, 6.45) is 0.633. The minimum atomic E-state index is -1.52. The van der Waals surface area contributed by atoms with Gasteiger partial charge in [0.25, 0.3) is 0 Å². The first kappa shape index (κ1) is 19.7. The highest BCUT2D eigenvalue weighted by Gasteiger charge is 2.24. The number of aromatic nitrogens is 2. The Balaban J connectivity index is 2.58. The van der Waals surface area contributed by atoms with Gasteiger partial charge in [-0.1, -0.05) is 26.7 Å². The normalized spacial score (nSPS) is 11.4. The summed E-state index contributed by atoms with van der Waals surface area (Å²) in [5.74, 6) is 3.36. The Kier molecular flexibility index (Phi) is 6.83. The molecule has 2 aromatic rings. The average Bonchev–Trinajstić information content (AvgIpc) is 2.62. The zero-order chi connectivity index (χ0) is 18.4. The maximum atomic E-state index is 6.44. The highest BCUT2D eigenvalue weighted by Crippen LogP contribution is 2.28. The number of fused-ring (bicyclic) bond motifs is 1. The van der Waals surface area contributed by atoms with Crippen LogP contribution < -0.4 is 5.73 Å². The zero-order valence-electron chi connectivity index (χ0n) is 15.4. The third-order valence-electron chi connectivity index (χ3n) is 4.99. The second-order valence-electron chi connectivity index (χ2n) is 6.19. The first-order valence-corrected chi connectivity index (χ1v) is 11.8. The minimum absolute atomic E-state index is 0.228. The number of benzene rings is 1. The van der Waals surface area contributed by atoms with Gasteiger partial charge in [-0.3, -0.25) is 0 Å². The van der Waals surface area contributed by atoms with Crippen molar-refractivity contribution in [2.24, 2.45) is 0 Å². The van der Waals surface area contributed by atoms with Gasteiger partial charge in [0.1, 0.15) is 8.07 Å². The molecule has 0 fully saturated rings. The van der Waals surface area contributed by atoms with Crippen molar-refractivity contribution in [1.29, 1.82) is 0 Å². The SMILES string of the molecule is CC[Si](C#Cc1ccc2nc(Cl)nc(CCOC)c2c1N)(CC)CC. The lowest BCUT2D eigenvalue weighted by Gasteiger charge is -2.20. The summed E-state index contributed by atoms with van der Waals surface area (Å²) in [7, 11) is 0.139. The molecule has 0 bridgehead atoms. The van der Waals surface area contributed by atoms with Gasteiger partial charge in [-0.05, 0) is 41.9 Å². The van der Waals surface area contributed by atoms with E-state index < -0.39 is 8.07 Å². The van der Waals surface area contributed by atoms with Crippen LogP contribution >= 0.6 is 11.6 Å². The molecular weight excluding hydrogens is 350 g/mol. The van der Waals surface area contributed by atoms with Crippen LogP contribution in [0.1, 0.15) is 32.0 Å². The van der Waals surface area contributed by atoms with Crippen LogP contribution in [-0.2, 0) is 11.2 Å². The minimum Gasteiger partial charge on any atom is -0.397 e. The largest absolute Gasteiger partial charge is 0.397 e. The topological polar surface area (TPSA) is 61.0 Å². The van der Waals surface area contributed by atoms with Gasteiger partial charge in [0.2, 0.25) is 5.28 Å². The lowest BCUT2D eigenvalue weighted by molar-refractivity contribution is 0.202. The molecule has 0 spiro atoms. The van der Waals surface area contributed by atoms with Gasteiger partial charge in [0, 0.05) is 24.5 Å². The Morgan fingerprint density at radius 1 is 1.16 bits per heavy atom. The Hall–Kier alpha value is -1.61. The van der Waals surface area contributed by atoms with E-state index in [4.69, 9.17) is 22.1 Å². The number of methoxy groups -OCH3 is 1. The van der Waals surface area contributed by atoms with E-state index in [0.29, 0.717) is 18.7 Å². The second kappa shape index (κ2) is 8.66. The zero-order valence-corrected chi connectivity index (χ0v) is 17.2. The molecule has 0 aliphatic heterocycles. The fourth-order valence-corrected chi connectivity index (χ4v) is 5.62. The van der Waals surface area contributed by atoms with Crippen LogP contribution in [0.4, 0.5) is 5.69 Å². The molecule has 1 aromatic heterocycles. The Bertz CT molecular complexity index is 801. The molecule has 0 saturated heterocycles. The molecule has 0 aliphatic carbocycles. The van der Waals surface area contributed by atoms with Crippen LogP contribution in [0.3, 0.4) is 0 Å². The summed E-state index contributed by atoms with van der Waals surface area (Å²) >= 11 is 6.05. The monoisotopic (exact) mass is 375 g/mol. The van der Waals surface area contributed by atoms with E-state index >= 15 is 0 Å². The molecule has 0 unspecified atom stereocenters. The van der Waals surface area contributed by atoms with Crippen molar-refractivity contribution in [3.8, 4) is 11.5 Å². The fourth-order valence-electron chi connectivity index (χ4n) is 3.00. The molecular formula is C19H26ClN3OSi. The van der Waals surface area contributed by atoms with E-state index in [1.807, 2.05) is 12.1 Å². The average molecular weight is 376 g/mol. The van der Waals surface area contributed by atoms with Gasteiger partial charge in [-0.25, -0.2) is 9.97 Å². The van der Waals surface area contributed by atoms with Crippen LogP contribution in [0.25, 0.3) is 10.9 Å². The van der Waals surface area contributed by atoms with Crippen molar-refractivity contribution in [2.75, 3.05) is 19.5 Å². The van der Waals surface area contributed by atoms with Crippen LogP contribution in [0.2, 0.25) is 23.4 Å². The smallest absolute Gasteiger partial charge is 0.223 e. The van der Waals surface area contributed by atoms with Crippen molar-refractivity contribution in [3.63, 3.8) is 0 Å². The lowest BCUT2D eigenvalue weighted by Crippen LogP contribution is -2.29. The predicted octanol–water partition coefficient (Wildman–Crippen LogP) is 4.45. The van der Waals surface area contributed by atoms with Crippen LogP contribution in [0.15, 0.2) is 12.1 Å². The first-order chi connectivity index (χ1) is 12.0. The van der Waals surface area contributed by atoms with Crippen molar-refractivity contribution in [1.82, 2.24) is 9.97 Å². The van der Waals surface area contributed by atoms with Gasteiger partial charge >= 0.3 is 0 Å². The number of nitrogen functional groups attached to an aromatic ring is 1. The fraction of sp³-hybridized carbons (Fsp3) is 0.474. The van der Waals surface area contributed by atoms with Gasteiger partial charge in [-0.15, -0.1) is 5.54 Å². The highest BCUT2D eigenvalue weighted by molar-refractivity contribution is 6.87. The van der Waals surface area contributed by atoms with Crippen LogP contribution in [-0.4, -0.2) is 31.8 Å². The lowest BCUT2D eigenvalue weighted by atomic mass is 10.1. The van der Waals surface area contributed by atoms with Gasteiger partial charge in [-0.2, -0.15) is 0 Å². The van der Waals surface area contributed by atoms with Crippen LogP contribution in [0.5, 0.6) is 0 Å². The molecule has 0 atom stereocenters. The Morgan fingerprint density at radius 3 is 2.44 bits per heavy atom. The molecule has 0 radical (unpaired) electrons. The molecule has 6 heteroatoms. The number of rotatable bonds is 6. The number of ether oxygens (including phenoxy) is 1. The summed E-state index contributed by atoms with van der Waals surface area (Å²) in [5.41, 5.74) is 13.1. The number of anilines is 1. The number of hydrogen-bond acceptors (Lipinski definition) is 4. The first-order valence-electron chi connectivity index (χ1n) is 8.77. The maximum Gasteiger partial charge on any atom is 0.223 e. The van der Waals surface area contributed by atoms with E-state index in [0.717, 1.165) is 40.3 Å². The third-order valence-corrected chi connectivity index (χ3v) is 9.87. The van der Waals surface area contributed by atoms with E-state index in [9.17, 15) is 0 Å². The number of nitrogens with zero attached hydrogens (tertiary/aromatic N) is 2. The molecule has 1 aromatic carbocycles. The predicted molar refractivity (Wildman–Crippen MR) is 109 cm³/mol. The van der Waals surface area contributed by atoms with E-state index in [2.05, 4.69) is 42.2 Å². The molecule has 0 aliphatic rings. The van der Waals surface area contributed by atoms with Gasteiger partial charge in [0.15, 0.2) is 0 Å². The van der Waals surface area contributed by atoms with Crippen LogP contribution in [0, 0.1) is 11.5 Å². The van der Waals surface area contributed by atoms with E-state index in [1.165, 1.54) is 0 Å². The summed E-state index contributed by atoms with van der Waals surface area (Å²) in [4.78, 5) is 8.65. The summed E-state index contributed by atoms with van der Waals surface area (Å²) < 4.78 is 5.17. The van der Waals surface area contributed by atoms with Gasteiger partial charge < -0.3 is 10.5 Å². The van der Waals surface area contributed by atoms with Crippen molar-refractivity contribution < 1.29 is 4.74 Å². The molecule has 25 heavy (non-hydrogen) atoms. The molecule has 4 nitrogen and oxygen atoms in total. The summed E-state index contributed by atoms with van der Waals surface area (Å²) in [5, 5.41) is 1.07.